The Morgan fingerprint density at radius 2 is 2.00 bits per heavy atom. The van der Waals surface area contributed by atoms with E-state index in [9.17, 15) is 14.7 Å². The summed E-state index contributed by atoms with van der Waals surface area (Å²) < 4.78 is 5.61. The van der Waals surface area contributed by atoms with E-state index in [0.29, 0.717) is 25.3 Å². The van der Waals surface area contributed by atoms with Gasteiger partial charge in [-0.2, -0.15) is 0 Å². The molecule has 2 unspecified atom stereocenters. The Kier molecular flexibility index (Phi) is 5.62. The monoisotopic (exact) mass is 297 g/mol. The van der Waals surface area contributed by atoms with Crippen LogP contribution in [0.2, 0.25) is 0 Å². The zero-order chi connectivity index (χ0) is 15.3. The molecule has 2 rings (SSSR count). The van der Waals surface area contributed by atoms with Gasteiger partial charge in [0.25, 0.3) is 0 Å². The standard InChI is InChI=1S/C16H27NO4/c1-2-13-12(6-9-21-13)11-17-14(18)10-16(15(19)20)7-4-3-5-8-16/h12-13H,2-11H2,1H3,(H,17,18)(H,19,20). The third kappa shape index (κ3) is 3.96. The Bertz CT molecular complexity index is 376. The SMILES string of the molecule is CCC1OCCC1CNC(=O)CC1(C(=O)O)CCCCC1. The van der Waals surface area contributed by atoms with Gasteiger partial charge in [0.05, 0.1) is 11.5 Å². The molecular formula is C16H27NO4. The molecule has 0 radical (unpaired) electrons. The van der Waals surface area contributed by atoms with E-state index in [-0.39, 0.29) is 18.4 Å². The van der Waals surface area contributed by atoms with Crippen LogP contribution in [0.4, 0.5) is 0 Å². The minimum atomic E-state index is -0.835. The second kappa shape index (κ2) is 7.25. The highest BCUT2D eigenvalue weighted by atomic mass is 16.5. The summed E-state index contributed by atoms with van der Waals surface area (Å²) in [6, 6.07) is 0. The molecule has 1 saturated heterocycles. The van der Waals surface area contributed by atoms with Gasteiger partial charge >= 0.3 is 5.97 Å². The first-order valence-corrected chi connectivity index (χ1v) is 8.19. The van der Waals surface area contributed by atoms with Gasteiger partial charge in [-0.1, -0.05) is 26.2 Å². The topological polar surface area (TPSA) is 75.6 Å². The van der Waals surface area contributed by atoms with Gasteiger partial charge in [-0.25, -0.2) is 0 Å². The summed E-state index contributed by atoms with van der Waals surface area (Å²) in [5.74, 6) is -0.569. The highest BCUT2D eigenvalue weighted by Gasteiger charge is 2.41. The molecule has 0 aromatic heterocycles. The fraction of sp³-hybridized carbons (Fsp3) is 0.875. The molecular weight excluding hydrogens is 270 g/mol. The van der Waals surface area contributed by atoms with Gasteiger partial charge < -0.3 is 15.2 Å². The van der Waals surface area contributed by atoms with Crippen molar-refractivity contribution in [2.24, 2.45) is 11.3 Å². The molecule has 2 aliphatic rings. The van der Waals surface area contributed by atoms with Crippen molar-refractivity contribution in [1.82, 2.24) is 5.32 Å². The highest BCUT2D eigenvalue weighted by molar-refractivity contribution is 5.85. The average Bonchev–Trinajstić information content (AvgIpc) is 2.93. The quantitative estimate of drug-likeness (QED) is 0.789. The lowest BCUT2D eigenvalue weighted by Crippen LogP contribution is -2.41. The van der Waals surface area contributed by atoms with Crippen molar-refractivity contribution in [3.05, 3.63) is 0 Å². The van der Waals surface area contributed by atoms with Crippen LogP contribution >= 0.6 is 0 Å². The lowest BCUT2D eigenvalue weighted by Gasteiger charge is -2.32. The molecule has 1 aliphatic heterocycles. The van der Waals surface area contributed by atoms with E-state index in [1.54, 1.807) is 0 Å². The van der Waals surface area contributed by atoms with Crippen molar-refractivity contribution in [3.8, 4) is 0 Å². The number of hydrogen-bond acceptors (Lipinski definition) is 3. The Morgan fingerprint density at radius 1 is 1.29 bits per heavy atom. The zero-order valence-corrected chi connectivity index (χ0v) is 12.9. The van der Waals surface area contributed by atoms with Crippen molar-refractivity contribution in [1.29, 1.82) is 0 Å². The number of carbonyl (C=O) groups excluding carboxylic acids is 1. The van der Waals surface area contributed by atoms with Gasteiger partial charge in [0.15, 0.2) is 0 Å². The third-order valence-corrected chi connectivity index (χ3v) is 5.07. The fourth-order valence-corrected chi connectivity index (χ4v) is 3.69. The second-order valence-corrected chi connectivity index (χ2v) is 6.49. The minimum Gasteiger partial charge on any atom is -0.481 e. The van der Waals surface area contributed by atoms with Crippen molar-refractivity contribution in [2.75, 3.05) is 13.2 Å². The van der Waals surface area contributed by atoms with Crippen LogP contribution in [0.15, 0.2) is 0 Å². The van der Waals surface area contributed by atoms with Gasteiger partial charge in [0.2, 0.25) is 5.91 Å². The summed E-state index contributed by atoms with van der Waals surface area (Å²) in [5.41, 5.74) is -0.835. The van der Waals surface area contributed by atoms with Gasteiger partial charge in [0, 0.05) is 25.5 Å². The molecule has 0 aromatic rings. The van der Waals surface area contributed by atoms with E-state index in [4.69, 9.17) is 4.74 Å². The molecule has 2 atom stereocenters. The number of ether oxygens (including phenoxy) is 1. The molecule has 5 heteroatoms. The molecule has 1 saturated carbocycles. The largest absolute Gasteiger partial charge is 0.481 e. The van der Waals surface area contributed by atoms with Crippen LogP contribution < -0.4 is 5.32 Å². The van der Waals surface area contributed by atoms with E-state index < -0.39 is 11.4 Å². The Hall–Kier alpha value is -1.10. The summed E-state index contributed by atoms with van der Waals surface area (Å²) >= 11 is 0. The van der Waals surface area contributed by atoms with Crippen molar-refractivity contribution in [2.45, 2.75) is 64.4 Å². The molecule has 2 N–H and O–H groups in total. The molecule has 0 aromatic carbocycles. The van der Waals surface area contributed by atoms with Crippen LogP contribution in [0.5, 0.6) is 0 Å². The van der Waals surface area contributed by atoms with Crippen LogP contribution in [0, 0.1) is 11.3 Å². The first kappa shape index (κ1) is 16.3. The van der Waals surface area contributed by atoms with Crippen LogP contribution in [0.25, 0.3) is 0 Å². The predicted octanol–water partition coefficient (Wildman–Crippen LogP) is 2.34. The van der Waals surface area contributed by atoms with Gasteiger partial charge in [-0.05, 0) is 25.7 Å². The molecule has 21 heavy (non-hydrogen) atoms. The van der Waals surface area contributed by atoms with Crippen LogP contribution in [0.3, 0.4) is 0 Å². The Morgan fingerprint density at radius 3 is 2.62 bits per heavy atom. The van der Waals surface area contributed by atoms with E-state index in [0.717, 1.165) is 38.7 Å². The van der Waals surface area contributed by atoms with Gasteiger partial charge in [0.1, 0.15) is 0 Å². The Balaban J connectivity index is 1.84. The molecule has 0 spiro atoms. The smallest absolute Gasteiger partial charge is 0.310 e. The van der Waals surface area contributed by atoms with Crippen molar-refractivity contribution in [3.63, 3.8) is 0 Å². The number of hydrogen-bond donors (Lipinski definition) is 2. The molecule has 1 heterocycles. The molecule has 0 bridgehead atoms. The number of carboxylic acids is 1. The fourth-order valence-electron chi connectivity index (χ4n) is 3.69. The highest BCUT2D eigenvalue weighted by Crippen LogP contribution is 2.39. The first-order chi connectivity index (χ1) is 10.1. The number of carboxylic acid groups (broad SMARTS) is 1. The summed E-state index contributed by atoms with van der Waals surface area (Å²) in [6.07, 6.45) is 6.43. The summed E-state index contributed by atoms with van der Waals surface area (Å²) in [5, 5.41) is 12.4. The maximum Gasteiger partial charge on any atom is 0.310 e. The lowest BCUT2D eigenvalue weighted by atomic mass is 9.71. The van der Waals surface area contributed by atoms with E-state index in [1.807, 2.05) is 0 Å². The maximum atomic E-state index is 12.2. The normalized spacial score (nSPS) is 28.2. The van der Waals surface area contributed by atoms with Gasteiger partial charge in [-0.15, -0.1) is 0 Å². The molecule has 2 fully saturated rings. The number of nitrogens with one attached hydrogen (secondary N) is 1. The van der Waals surface area contributed by atoms with Crippen molar-refractivity contribution >= 4 is 11.9 Å². The lowest BCUT2D eigenvalue weighted by molar-refractivity contribution is -0.154. The second-order valence-electron chi connectivity index (χ2n) is 6.49. The maximum absolute atomic E-state index is 12.2. The summed E-state index contributed by atoms with van der Waals surface area (Å²) in [6.45, 7) is 3.46. The van der Waals surface area contributed by atoms with E-state index in [2.05, 4.69) is 12.2 Å². The minimum absolute atomic E-state index is 0.118. The number of carbonyl (C=O) groups is 2. The zero-order valence-electron chi connectivity index (χ0n) is 12.9. The third-order valence-electron chi connectivity index (χ3n) is 5.07. The van der Waals surface area contributed by atoms with E-state index in [1.165, 1.54) is 0 Å². The predicted molar refractivity (Wildman–Crippen MR) is 78.9 cm³/mol. The average molecular weight is 297 g/mol. The Labute approximate surface area is 126 Å². The summed E-state index contributed by atoms with van der Waals surface area (Å²) in [4.78, 5) is 23.7. The van der Waals surface area contributed by atoms with Crippen LogP contribution in [-0.2, 0) is 14.3 Å². The molecule has 120 valence electrons. The number of amides is 1. The summed E-state index contributed by atoms with van der Waals surface area (Å²) in [7, 11) is 0. The van der Waals surface area contributed by atoms with Crippen LogP contribution in [0.1, 0.15) is 58.3 Å². The molecule has 1 amide bonds. The van der Waals surface area contributed by atoms with E-state index >= 15 is 0 Å². The van der Waals surface area contributed by atoms with Gasteiger partial charge in [-0.3, -0.25) is 9.59 Å². The number of aliphatic carboxylic acids is 1. The van der Waals surface area contributed by atoms with Crippen LogP contribution in [-0.4, -0.2) is 36.2 Å². The van der Waals surface area contributed by atoms with Crippen molar-refractivity contribution < 1.29 is 19.4 Å². The molecule has 1 aliphatic carbocycles. The first-order valence-electron chi connectivity index (χ1n) is 8.19. The number of rotatable bonds is 6. The molecule has 5 nitrogen and oxygen atoms in total.